The lowest BCUT2D eigenvalue weighted by atomic mass is 9.75. The Morgan fingerprint density at radius 2 is 2.00 bits per heavy atom. The van der Waals surface area contributed by atoms with Gasteiger partial charge in [-0.05, 0) is 18.4 Å². The number of rotatable bonds is 2. The molecule has 116 valence electrons. The van der Waals surface area contributed by atoms with Crippen LogP contribution in [0, 0.1) is 0 Å². The molecular weight excluding hydrogens is 286 g/mol. The summed E-state index contributed by atoms with van der Waals surface area (Å²) >= 11 is 0. The van der Waals surface area contributed by atoms with Crippen LogP contribution in [-0.2, 0) is 14.3 Å². The molecule has 1 aromatic rings. The van der Waals surface area contributed by atoms with Gasteiger partial charge in [-0.3, -0.25) is 4.90 Å². The van der Waals surface area contributed by atoms with Crippen LogP contribution >= 0.6 is 0 Å². The Labute approximate surface area is 127 Å². The summed E-state index contributed by atoms with van der Waals surface area (Å²) in [4.78, 5) is 25.8. The molecule has 3 saturated heterocycles. The number of esters is 1. The number of amides is 1. The van der Waals surface area contributed by atoms with Crippen LogP contribution in [0.15, 0.2) is 30.3 Å². The van der Waals surface area contributed by atoms with Crippen LogP contribution in [0.4, 0.5) is 4.79 Å². The van der Waals surface area contributed by atoms with Crippen LogP contribution in [0.25, 0.3) is 0 Å². The van der Waals surface area contributed by atoms with Crippen molar-refractivity contribution < 1.29 is 24.2 Å². The van der Waals surface area contributed by atoms with Gasteiger partial charge in [-0.2, -0.15) is 0 Å². The van der Waals surface area contributed by atoms with Gasteiger partial charge in [-0.25, -0.2) is 9.59 Å². The molecule has 0 unspecified atom stereocenters. The first-order valence-corrected chi connectivity index (χ1v) is 7.53. The summed E-state index contributed by atoms with van der Waals surface area (Å²) in [6.45, 7) is 0.231. The zero-order valence-corrected chi connectivity index (χ0v) is 12.0. The van der Waals surface area contributed by atoms with E-state index in [1.54, 1.807) is 0 Å². The number of carbonyl (C=O) groups excluding carboxylic acids is 2. The van der Waals surface area contributed by atoms with Crippen molar-refractivity contribution in [3.8, 4) is 0 Å². The van der Waals surface area contributed by atoms with Crippen LogP contribution in [-0.4, -0.2) is 46.4 Å². The first kappa shape index (κ1) is 13.6. The van der Waals surface area contributed by atoms with E-state index >= 15 is 0 Å². The zero-order valence-electron chi connectivity index (χ0n) is 12.0. The molecule has 0 radical (unpaired) electrons. The summed E-state index contributed by atoms with van der Waals surface area (Å²) in [5.41, 5.74) is -0.683. The van der Waals surface area contributed by atoms with Crippen LogP contribution in [0.5, 0.6) is 0 Å². The van der Waals surface area contributed by atoms with Gasteiger partial charge in [-0.1, -0.05) is 30.3 Å². The Morgan fingerprint density at radius 1 is 1.23 bits per heavy atom. The molecule has 3 aliphatic heterocycles. The van der Waals surface area contributed by atoms with Crippen molar-refractivity contribution in [2.75, 3.05) is 6.61 Å². The molecule has 2 bridgehead atoms. The summed E-state index contributed by atoms with van der Waals surface area (Å²) in [7, 11) is 0. The highest BCUT2D eigenvalue weighted by atomic mass is 16.6. The Kier molecular flexibility index (Phi) is 2.91. The maximum Gasteiger partial charge on any atom is 0.410 e. The van der Waals surface area contributed by atoms with E-state index in [2.05, 4.69) is 0 Å². The van der Waals surface area contributed by atoms with Crippen molar-refractivity contribution in [1.82, 2.24) is 4.90 Å². The maximum atomic E-state index is 12.2. The number of ether oxygens (including phenoxy) is 2. The molecule has 4 fully saturated rings. The van der Waals surface area contributed by atoms with Gasteiger partial charge in [0, 0.05) is 6.42 Å². The molecule has 1 saturated carbocycles. The third-order valence-electron chi connectivity index (χ3n) is 4.94. The molecule has 1 N–H and O–H groups in total. The van der Waals surface area contributed by atoms with E-state index in [4.69, 9.17) is 9.47 Å². The average molecular weight is 303 g/mol. The predicted molar refractivity (Wildman–Crippen MR) is 74.8 cm³/mol. The molecule has 6 heteroatoms. The van der Waals surface area contributed by atoms with Crippen molar-refractivity contribution in [3.63, 3.8) is 0 Å². The summed E-state index contributed by atoms with van der Waals surface area (Å²) in [5.74, 6) is -0.619. The minimum atomic E-state index is -1.62. The molecule has 0 spiro atoms. The van der Waals surface area contributed by atoms with E-state index in [0.717, 1.165) is 5.56 Å². The smallest absolute Gasteiger partial charge is 0.410 e. The second-order valence-electron chi connectivity index (χ2n) is 6.15. The topological polar surface area (TPSA) is 76.1 Å². The summed E-state index contributed by atoms with van der Waals surface area (Å²) in [6, 6.07) is 8.66. The molecule has 3 heterocycles. The van der Waals surface area contributed by atoms with Gasteiger partial charge in [0.05, 0.1) is 12.1 Å². The fourth-order valence-electron chi connectivity index (χ4n) is 3.76. The molecule has 6 nitrogen and oxygen atoms in total. The van der Waals surface area contributed by atoms with Gasteiger partial charge < -0.3 is 14.6 Å². The molecule has 1 amide bonds. The molecule has 0 aromatic heterocycles. The number of cyclic esters (lactones) is 1. The van der Waals surface area contributed by atoms with Crippen LogP contribution < -0.4 is 0 Å². The van der Waals surface area contributed by atoms with Gasteiger partial charge in [0.25, 0.3) is 0 Å². The molecule has 4 atom stereocenters. The zero-order chi connectivity index (χ0) is 15.3. The second kappa shape index (κ2) is 4.71. The van der Waals surface area contributed by atoms with Gasteiger partial charge >= 0.3 is 12.1 Å². The van der Waals surface area contributed by atoms with Crippen molar-refractivity contribution in [2.24, 2.45) is 0 Å². The normalized spacial score (nSPS) is 37.1. The minimum absolute atomic E-state index is 0.226. The van der Waals surface area contributed by atoms with Gasteiger partial charge in [0.1, 0.15) is 12.7 Å². The minimum Gasteiger partial charge on any atom is -0.460 e. The number of aliphatic hydroxyl groups is 1. The quantitative estimate of drug-likeness (QED) is 0.836. The Balaban J connectivity index is 1.70. The summed E-state index contributed by atoms with van der Waals surface area (Å²) in [6.07, 6.45) is 0.717. The Morgan fingerprint density at radius 3 is 2.73 bits per heavy atom. The van der Waals surface area contributed by atoms with Crippen molar-refractivity contribution in [2.45, 2.75) is 43.1 Å². The SMILES string of the molecule is O=C1OC[C@H](c2ccccc2)N1[C@H]1C[C@H]2CC[C@]1(O)C(=O)O2. The van der Waals surface area contributed by atoms with Gasteiger partial charge in [0.15, 0.2) is 5.60 Å². The van der Waals surface area contributed by atoms with Gasteiger partial charge in [0.2, 0.25) is 0 Å². The second-order valence-corrected chi connectivity index (χ2v) is 6.15. The number of nitrogens with zero attached hydrogens (tertiary/aromatic N) is 1. The van der Waals surface area contributed by atoms with E-state index in [9.17, 15) is 14.7 Å². The number of carbonyl (C=O) groups is 2. The maximum absolute atomic E-state index is 12.2. The predicted octanol–water partition coefficient (Wildman–Crippen LogP) is 1.39. The van der Waals surface area contributed by atoms with Crippen LogP contribution in [0.2, 0.25) is 0 Å². The van der Waals surface area contributed by atoms with Crippen molar-refractivity contribution in [3.05, 3.63) is 35.9 Å². The highest BCUT2D eigenvalue weighted by molar-refractivity contribution is 5.84. The Bertz CT molecular complexity index is 618. The van der Waals surface area contributed by atoms with Crippen LogP contribution in [0.1, 0.15) is 30.9 Å². The number of benzene rings is 1. The van der Waals surface area contributed by atoms with E-state index in [1.165, 1.54) is 4.90 Å². The largest absolute Gasteiger partial charge is 0.460 e. The molecule has 5 rings (SSSR count). The fraction of sp³-hybridized carbons (Fsp3) is 0.500. The molecule has 4 aliphatic rings. The molecular formula is C16H17NO5. The summed E-state index contributed by atoms with van der Waals surface area (Å²) < 4.78 is 10.4. The molecule has 22 heavy (non-hydrogen) atoms. The van der Waals surface area contributed by atoms with Crippen molar-refractivity contribution in [1.29, 1.82) is 0 Å². The number of hydrogen-bond donors (Lipinski definition) is 1. The standard InChI is InChI=1S/C16H17NO5/c18-14-16(20)7-6-11(22-14)8-13(16)17-12(9-21-15(17)19)10-4-2-1-3-5-10/h1-5,11-13,20H,6-9H2/t11-,12-,13+,16-/m1/s1. The third kappa shape index (κ3) is 1.83. The molecule has 1 aliphatic carbocycles. The first-order valence-electron chi connectivity index (χ1n) is 7.53. The highest BCUT2D eigenvalue weighted by Gasteiger charge is 2.60. The lowest BCUT2D eigenvalue weighted by molar-refractivity contribution is -0.210. The Hall–Kier alpha value is -2.08. The first-order chi connectivity index (χ1) is 10.6. The lowest BCUT2D eigenvalue weighted by Gasteiger charge is -2.49. The number of fused-ring (bicyclic) bond motifs is 3. The van der Waals surface area contributed by atoms with Crippen molar-refractivity contribution >= 4 is 12.1 Å². The van der Waals surface area contributed by atoms with E-state index < -0.39 is 23.7 Å². The highest BCUT2D eigenvalue weighted by Crippen LogP contribution is 2.44. The monoisotopic (exact) mass is 303 g/mol. The van der Waals surface area contributed by atoms with Gasteiger partial charge in [-0.15, -0.1) is 0 Å². The number of hydrogen-bond acceptors (Lipinski definition) is 5. The van der Waals surface area contributed by atoms with E-state index in [1.807, 2.05) is 30.3 Å². The third-order valence-corrected chi connectivity index (χ3v) is 4.94. The average Bonchev–Trinajstić information content (AvgIpc) is 2.91. The van der Waals surface area contributed by atoms with Crippen LogP contribution in [0.3, 0.4) is 0 Å². The van der Waals surface area contributed by atoms with E-state index in [-0.39, 0.29) is 18.8 Å². The van der Waals surface area contributed by atoms with E-state index in [0.29, 0.717) is 19.3 Å². The molecule has 1 aromatic carbocycles. The summed E-state index contributed by atoms with van der Waals surface area (Å²) in [5, 5.41) is 10.8. The fourth-order valence-corrected chi connectivity index (χ4v) is 3.76. The lowest BCUT2D eigenvalue weighted by Crippen LogP contribution is -2.66.